The molecule has 21 heavy (non-hydrogen) atoms. The molecule has 6 heteroatoms. The highest BCUT2D eigenvalue weighted by molar-refractivity contribution is 6.04. The number of carboxylic acid groups (broad SMARTS) is 1. The van der Waals surface area contributed by atoms with Gasteiger partial charge in [-0.05, 0) is 25.0 Å². The molecule has 1 fully saturated rings. The molecule has 1 aromatic rings. The van der Waals surface area contributed by atoms with Gasteiger partial charge in [0.1, 0.15) is 0 Å². The van der Waals surface area contributed by atoms with Crippen molar-refractivity contribution in [2.75, 3.05) is 19.6 Å². The third kappa shape index (κ3) is 3.81. The van der Waals surface area contributed by atoms with Gasteiger partial charge in [-0.1, -0.05) is 12.1 Å². The highest BCUT2D eigenvalue weighted by Crippen LogP contribution is 2.10. The van der Waals surface area contributed by atoms with Crippen LogP contribution < -0.4 is 5.32 Å². The van der Waals surface area contributed by atoms with Gasteiger partial charge in [-0.2, -0.15) is 0 Å². The molecule has 0 unspecified atom stereocenters. The van der Waals surface area contributed by atoms with Gasteiger partial charge in [0.05, 0.1) is 11.1 Å². The van der Waals surface area contributed by atoms with E-state index in [9.17, 15) is 14.4 Å². The van der Waals surface area contributed by atoms with Crippen molar-refractivity contribution in [3.05, 3.63) is 35.4 Å². The van der Waals surface area contributed by atoms with Crippen LogP contribution in [-0.2, 0) is 4.79 Å². The van der Waals surface area contributed by atoms with E-state index in [0.717, 1.165) is 25.9 Å². The van der Waals surface area contributed by atoms with Crippen LogP contribution in [0.4, 0.5) is 0 Å². The number of amides is 2. The van der Waals surface area contributed by atoms with Crippen LogP contribution in [0.25, 0.3) is 0 Å². The number of hydrogen-bond acceptors (Lipinski definition) is 3. The van der Waals surface area contributed by atoms with Gasteiger partial charge < -0.3 is 15.3 Å². The van der Waals surface area contributed by atoms with E-state index in [1.807, 2.05) is 0 Å². The number of benzene rings is 1. The quantitative estimate of drug-likeness (QED) is 0.851. The molecule has 1 aromatic carbocycles. The van der Waals surface area contributed by atoms with E-state index in [0.29, 0.717) is 0 Å². The van der Waals surface area contributed by atoms with Gasteiger partial charge in [0.25, 0.3) is 5.91 Å². The lowest BCUT2D eigenvalue weighted by atomic mass is 10.1. The number of hydrogen-bond donors (Lipinski definition) is 2. The Hall–Kier alpha value is -2.37. The van der Waals surface area contributed by atoms with Crippen LogP contribution in [0, 0.1) is 0 Å². The van der Waals surface area contributed by atoms with Gasteiger partial charge in [0.15, 0.2) is 0 Å². The zero-order valence-corrected chi connectivity index (χ0v) is 11.7. The van der Waals surface area contributed by atoms with Crippen molar-refractivity contribution >= 4 is 17.8 Å². The van der Waals surface area contributed by atoms with E-state index >= 15 is 0 Å². The Morgan fingerprint density at radius 2 is 1.71 bits per heavy atom. The molecule has 2 N–H and O–H groups in total. The van der Waals surface area contributed by atoms with Gasteiger partial charge in [-0.25, -0.2) is 4.79 Å². The molecular weight excluding hydrogens is 272 g/mol. The molecule has 1 heterocycles. The summed E-state index contributed by atoms with van der Waals surface area (Å²) >= 11 is 0. The fraction of sp³-hybridized carbons (Fsp3) is 0.400. The first-order valence-corrected chi connectivity index (χ1v) is 6.98. The van der Waals surface area contributed by atoms with Crippen LogP contribution in [0.1, 0.15) is 40.0 Å². The predicted octanol–water partition coefficient (Wildman–Crippen LogP) is 1.13. The summed E-state index contributed by atoms with van der Waals surface area (Å²) in [7, 11) is 0. The number of carbonyl (C=O) groups is 3. The van der Waals surface area contributed by atoms with E-state index < -0.39 is 11.9 Å². The molecule has 6 nitrogen and oxygen atoms in total. The minimum atomic E-state index is -1.14. The number of nitrogens with one attached hydrogen (secondary N) is 1. The lowest BCUT2D eigenvalue weighted by Crippen LogP contribution is -2.33. The zero-order valence-electron chi connectivity index (χ0n) is 11.7. The summed E-state index contributed by atoms with van der Waals surface area (Å²) in [4.78, 5) is 36.6. The Bertz CT molecular complexity index is 550. The smallest absolute Gasteiger partial charge is 0.336 e. The summed E-state index contributed by atoms with van der Waals surface area (Å²) in [5.74, 6) is -1.59. The first-order valence-electron chi connectivity index (χ1n) is 6.98. The van der Waals surface area contributed by atoms with Crippen molar-refractivity contribution in [2.45, 2.75) is 19.3 Å². The van der Waals surface area contributed by atoms with Crippen LogP contribution in [0.2, 0.25) is 0 Å². The predicted molar refractivity (Wildman–Crippen MR) is 76.2 cm³/mol. The lowest BCUT2D eigenvalue weighted by Gasteiger charge is -2.15. The van der Waals surface area contributed by atoms with Gasteiger partial charge in [-0.15, -0.1) is 0 Å². The highest BCUT2D eigenvalue weighted by Gasteiger charge is 2.19. The van der Waals surface area contributed by atoms with Crippen molar-refractivity contribution in [1.29, 1.82) is 0 Å². The highest BCUT2D eigenvalue weighted by atomic mass is 16.4. The van der Waals surface area contributed by atoms with E-state index in [1.165, 1.54) is 12.1 Å². The molecular formula is C15H18N2O4. The van der Waals surface area contributed by atoms with E-state index in [4.69, 9.17) is 5.11 Å². The van der Waals surface area contributed by atoms with Crippen LogP contribution in [0.15, 0.2) is 24.3 Å². The molecule has 112 valence electrons. The zero-order chi connectivity index (χ0) is 15.2. The molecule has 0 bridgehead atoms. The summed E-state index contributed by atoms with van der Waals surface area (Å²) in [5.41, 5.74) is 0.0690. The summed E-state index contributed by atoms with van der Waals surface area (Å²) in [5, 5.41) is 11.6. The minimum absolute atomic E-state index is 0.0271. The number of carboxylic acids is 1. The van der Waals surface area contributed by atoms with Crippen molar-refractivity contribution in [2.24, 2.45) is 0 Å². The maximum absolute atomic E-state index is 12.0. The van der Waals surface area contributed by atoms with Gasteiger partial charge in [0, 0.05) is 26.1 Å². The van der Waals surface area contributed by atoms with Crippen LogP contribution in [0.5, 0.6) is 0 Å². The van der Waals surface area contributed by atoms with Crippen LogP contribution >= 0.6 is 0 Å². The summed E-state index contributed by atoms with van der Waals surface area (Å²) in [6, 6.07) is 6.02. The summed E-state index contributed by atoms with van der Waals surface area (Å²) < 4.78 is 0. The second kappa shape index (κ2) is 6.88. The van der Waals surface area contributed by atoms with Crippen molar-refractivity contribution in [3.8, 4) is 0 Å². The molecule has 0 aromatic heterocycles. The Labute approximate surface area is 122 Å². The van der Waals surface area contributed by atoms with Crippen molar-refractivity contribution < 1.29 is 19.5 Å². The minimum Gasteiger partial charge on any atom is -0.478 e. The van der Waals surface area contributed by atoms with E-state index in [1.54, 1.807) is 17.0 Å². The SMILES string of the molecule is O=C(O)c1ccccc1C(=O)NCCC(=O)N1CCCC1. The molecule has 0 atom stereocenters. The second-order valence-corrected chi connectivity index (χ2v) is 4.94. The normalized spacial score (nSPS) is 14.0. The van der Waals surface area contributed by atoms with E-state index in [-0.39, 0.29) is 30.0 Å². The average Bonchev–Trinajstić information content (AvgIpc) is 3.01. The first kappa shape index (κ1) is 15.0. The second-order valence-electron chi connectivity index (χ2n) is 4.94. The molecule has 0 aliphatic carbocycles. The molecule has 0 saturated carbocycles. The standard InChI is InChI=1S/C15H18N2O4/c18-13(17-9-3-4-10-17)7-8-16-14(19)11-5-1-2-6-12(11)15(20)21/h1-2,5-6H,3-4,7-10H2,(H,16,19)(H,20,21). The Balaban J connectivity index is 1.87. The molecule has 1 aliphatic rings. The third-order valence-corrected chi connectivity index (χ3v) is 3.49. The summed E-state index contributed by atoms with van der Waals surface area (Å²) in [6.07, 6.45) is 2.30. The van der Waals surface area contributed by atoms with Crippen molar-refractivity contribution in [3.63, 3.8) is 0 Å². The molecule has 2 rings (SSSR count). The molecule has 0 radical (unpaired) electrons. The fourth-order valence-corrected chi connectivity index (χ4v) is 2.37. The molecule has 0 spiro atoms. The van der Waals surface area contributed by atoms with Gasteiger partial charge in [0.2, 0.25) is 5.91 Å². The number of aromatic carboxylic acids is 1. The Morgan fingerprint density at radius 1 is 1.10 bits per heavy atom. The topological polar surface area (TPSA) is 86.7 Å². The molecule has 2 amide bonds. The molecule has 1 saturated heterocycles. The first-order chi connectivity index (χ1) is 10.1. The number of carbonyl (C=O) groups excluding carboxylic acids is 2. The van der Waals surface area contributed by atoms with Crippen LogP contribution in [0.3, 0.4) is 0 Å². The number of likely N-dealkylation sites (tertiary alicyclic amines) is 1. The molecule has 1 aliphatic heterocycles. The summed E-state index contributed by atoms with van der Waals surface area (Å²) in [6.45, 7) is 1.78. The van der Waals surface area contributed by atoms with Crippen LogP contribution in [-0.4, -0.2) is 47.4 Å². The largest absolute Gasteiger partial charge is 0.478 e. The lowest BCUT2D eigenvalue weighted by molar-refractivity contribution is -0.129. The maximum Gasteiger partial charge on any atom is 0.336 e. The monoisotopic (exact) mass is 290 g/mol. The van der Waals surface area contributed by atoms with Gasteiger partial charge >= 0.3 is 5.97 Å². The fourth-order valence-electron chi connectivity index (χ4n) is 2.37. The van der Waals surface area contributed by atoms with E-state index in [2.05, 4.69) is 5.32 Å². The number of nitrogens with zero attached hydrogens (tertiary/aromatic N) is 1. The maximum atomic E-state index is 12.0. The Kier molecular flexibility index (Phi) is 4.92. The third-order valence-electron chi connectivity index (χ3n) is 3.49. The van der Waals surface area contributed by atoms with Gasteiger partial charge in [-0.3, -0.25) is 9.59 Å². The number of rotatable bonds is 5. The Morgan fingerprint density at radius 3 is 2.33 bits per heavy atom. The van der Waals surface area contributed by atoms with Crippen molar-refractivity contribution in [1.82, 2.24) is 10.2 Å². The average molecular weight is 290 g/mol.